The number of hydrogen-bond donors (Lipinski definition) is 2. The van der Waals surface area contributed by atoms with Crippen molar-refractivity contribution in [2.24, 2.45) is 11.7 Å². The summed E-state index contributed by atoms with van der Waals surface area (Å²) < 4.78 is 2.24. The second kappa shape index (κ2) is 4.18. The van der Waals surface area contributed by atoms with Gasteiger partial charge >= 0.3 is 0 Å². The predicted molar refractivity (Wildman–Crippen MR) is 63.1 cm³/mol. The van der Waals surface area contributed by atoms with Crippen LogP contribution in [0.1, 0.15) is 31.8 Å². The molecule has 1 aliphatic heterocycles. The fraction of sp³-hybridized carbons (Fsp3) is 0.750. The molecule has 4 nitrogen and oxygen atoms in total. The van der Waals surface area contributed by atoms with Gasteiger partial charge in [-0.3, -0.25) is 0 Å². The van der Waals surface area contributed by atoms with Crippen LogP contribution in [0.15, 0.2) is 6.20 Å². The zero-order chi connectivity index (χ0) is 11.8. The van der Waals surface area contributed by atoms with Crippen LogP contribution in [0.25, 0.3) is 0 Å². The van der Waals surface area contributed by atoms with Crippen LogP contribution >= 0.6 is 0 Å². The molecule has 0 aliphatic carbocycles. The topological polar surface area (TPSA) is 64.1 Å². The summed E-state index contributed by atoms with van der Waals surface area (Å²) in [4.78, 5) is 4.45. The molecule has 2 rings (SSSR count). The fourth-order valence-corrected chi connectivity index (χ4v) is 2.32. The molecule has 2 heterocycles. The Kier molecular flexibility index (Phi) is 3.04. The van der Waals surface area contributed by atoms with Crippen molar-refractivity contribution < 1.29 is 5.11 Å². The summed E-state index contributed by atoms with van der Waals surface area (Å²) in [6, 6.07) is 0. The van der Waals surface area contributed by atoms with E-state index in [0.29, 0.717) is 18.9 Å². The van der Waals surface area contributed by atoms with Crippen LogP contribution in [-0.2, 0) is 19.4 Å². The van der Waals surface area contributed by atoms with Gasteiger partial charge in [0, 0.05) is 37.8 Å². The van der Waals surface area contributed by atoms with Gasteiger partial charge < -0.3 is 15.4 Å². The average molecular weight is 223 g/mol. The van der Waals surface area contributed by atoms with Crippen LogP contribution in [-0.4, -0.2) is 26.8 Å². The SMILES string of the molecule is CC(C)Cc1ncc2n1CCC(O)(CN)C2. The van der Waals surface area contributed by atoms with Crippen molar-refractivity contribution >= 4 is 0 Å². The third-order valence-electron chi connectivity index (χ3n) is 3.30. The number of fused-ring (bicyclic) bond motifs is 1. The van der Waals surface area contributed by atoms with Crippen molar-refractivity contribution in [2.75, 3.05) is 6.54 Å². The highest BCUT2D eigenvalue weighted by atomic mass is 16.3. The number of nitrogens with zero attached hydrogens (tertiary/aromatic N) is 2. The van der Waals surface area contributed by atoms with Crippen molar-refractivity contribution in [3.05, 3.63) is 17.7 Å². The Labute approximate surface area is 96.5 Å². The van der Waals surface area contributed by atoms with Crippen molar-refractivity contribution in [2.45, 2.75) is 45.3 Å². The summed E-state index contributed by atoms with van der Waals surface area (Å²) in [5, 5.41) is 10.2. The lowest BCUT2D eigenvalue weighted by molar-refractivity contribution is 0.0238. The summed E-state index contributed by atoms with van der Waals surface area (Å²) in [5.74, 6) is 1.76. The monoisotopic (exact) mass is 223 g/mol. The van der Waals surface area contributed by atoms with Crippen LogP contribution < -0.4 is 5.73 Å². The lowest BCUT2D eigenvalue weighted by Gasteiger charge is -2.32. The molecular weight excluding hydrogens is 202 g/mol. The van der Waals surface area contributed by atoms with E-state index in [-0.39, 0.29) is 0 Å². The quantitative estimate of drug-likeness (QED) is 0.793. The largest absolute Gasteiger partial charge is 0.388 e. The molecule has 16 heavy (non-hydrogen) atoms. The maximum atomic E-state index is 10.2. The van der Waals surface area contributed by atoms with Gasteiger partial charge in [-0.15, -0.1) is 0 Å². The van der Waals surface area contributed by atoms with Crippen molar-refractivity contribution in [1.82, 2.24) is 9.55 Å². The molecule has 4 heteroatoms. The first-order valence-corrected chi connectivity index (χ1v) is 6.00. The Morgan fingerprint density at radius 2 is 2.38 bits per heavy atom. The van der Waals surface area contributed by atoms with E-state index in [1.165, 1.54) is 0 Å². The van der Waals surface area contributed by atoms with E-state index in [1.54, 1.807) is 0 Å². The highest BCUT2D eigenvalue weighted by molar-refractivity contribution is 5.13. The molecule has 0 saturated carbocycles. The van der Waals surface area contributed by atoms with Crippen LogP contribution in [0.3, 0.4) is 0 Å². The molecule has 0 bridgehead atoms. The Morgan fingerprint density at radius 3 is 3.00 bits per heavy atom. The smallest absolute Gasteiger partial charge is 0.109 e. The van der Waals surface area contributed by atoms with Gasteiger partial charge in [0.2, 0.25) is 0 Å². The number of imidazole rings is 1. The fourth-order valence-electron chi connectivity index (χ4n) is 2.32. The van der Waals surface area contributed by atoms with Gasteiger partial charge in [-0.1, -0.05) is 13.8 Å². The lowest BCUT2D eigenvalue weighted by Crippen LogP contribution is -2.44. The third kappa shape index (κ3) is 2.13. The van der Waals surface area contributed by atoms with E-state index in [9.17, 15) is 5.11 Å². The van der Waals surface area contributed by atoms with Gasteiger partial charge in [-0.05, 0) is 12.3 Å². The molecule has 1 aliphatic rings. The minimum atomic E-state index is -0.717. The Morgan fingerprint density at radius 1 is 1.62 bits per heavy atom. The van der Waals surface area contributed by atoms with Gasteiger partial charge in [0.15, 0.2) is 0 Å². The van der Waals surface area contributed by atoms with Crippen molar-refractivity contribution in [3.63, 3.8) is 0 Å². The number of aromatic nitrogens is 2. The zero-order valence-corrected chi connectivity index (χ0v) is 10.1. The molecule has 0 spiro atoms. The Bertz CT molecular complexity index is 372. The molecule has 0 fully saturated rings. The molecule has 1 unspecified atom stereocenters. The summed E-state index contributed by atoms with van der Waals surface area (Å²) in [7, 11) is 0. The zero-order valence-electron chi connectivity index (χ0n) is 10.1. The highest BCUT2D eigenvalue weighted by Crippen LogP contribution is 2.25. The van der Waals surface area contributed by atoms with E-state index < -0.39 is 5.60 Å². The molecular formula is C12H21N3O. The third-order valence-corrected chi connectivity index (χ3v) is 3.30. The van der Waals surface area contributed by atoms with Gasteiger partial charge in [0.05, 0.1) is 5.60 Å². The Balaban J connectivity index is 2.20. The maximum absolute atomic E-state index is 10.2. The predicted octanol–water partition coefficient (Wildman–Crippen LogP) is 0.718. The van der Waals surface area contributed by atoms with E-state index in [1.807, 2.05) is 6.20 Å². The molecule has 1 atom stereocenters. The molecule has 0 saturated heterocycles. The van der Waals surface area contributed by atoms with Gasteiger partial charge in [-0.2, -0.15) is 0 Å². The number of rotatable bonds is 3. The van der Waals surface area contributed by atoms with Crippen molar-refractivity contribution in [3.8, 4) is 0 Å². The second-order valence-electron chi connectivity index (χ2n) is 5.27. The first kappa shape index (κ1) is 11.6. The minimum Gasteiger partial charge on any atom is -0.388 e. The van der Waals surface area contributed by atoms with E-state index >= 15 is 0 Å². The number of nitrogens with two attached hydrogens (primary N) is 1. The molecule has 3 N–H and O–H groups in total. The molecule has 0 radical (unpaired) electrons. The summed E-state index contributed by atoms with van der Waals surface area (Å²) in [6.07, 6.45) is 4.26. The van der Waals surface area contributed by atoms with Crippen LogP contribution in [0.5, 0.6) is 0 Å². The first-order valence-electron chi connectivity index (χ1n) is 6.00. The van der Waals surface area contributed by atoms with E-state index in [0.717, 1.165) is 30.9 Å². The van der Waals surface area contributed by atoms with Crippen LogP contribution in [0, 0.1) is 5.92 Å². The lowest BCUT2D eigenvalue weighted by atomic mass is 9.91. The summed E-state index contributed by atoms with van der Waals surface area (Å²) >= 11 is 0. The molecule has 0 aromatic carbocycles. The van der Waals surface area contributed by atoms with Gasteiger partial charge in [-0.25, -0.2) is 4.98 Å². The normalized spacial score (nSPS) is 24.8. The minimum absolute atomic E-state index is 0.331. The Hall–Kier alpha value is -0.870. The molecule has 0 amide bonds. The second-order valence-corrected chi connectivity index (χ2v) is 5.27. The standard InChI is InChI=1S/C12H21N3O/c1-9(2)5-11-14-7-10-6-12(16,8-13)3-4-15(10)11/h7,9,16H,3-6,8,13H2,1-2H3. The van der Waals surface area contributed by atoms with Crippen LogP contribution in [0.4, 0.5) is 0 Å². The van der Waals surface area contributed by atoms with Crippen molar-refractivity contribution in [1.29, 1.82) is 0 Å². The molecule has 90 valence electrons. The molecule has 1 aromatic heterocycles. The maximum Gasteiger partial charge on any atom is 0.109 e. The van der Waals surface area contributed by atoms with E-state index in [4.69, 9.17) is 5.73 Å². The average Bonchev–Trinajstić information content (AvgIpc) is 2.60. The number of aliphatic hydroxyl groups is 1. The molecule has 1 aromatic rings. The van der Waals surface area contributed by atoms with Gasteiger partial charge in [0.1, 0.15) is 5.82 Å². The highest BCUT2D eigenvalue weighted by Gasteiger charge is 2.32. The summed E-state index contributed by atoms with van der Waals surface area (Å²) in [6.45, 7) is 5.56. The van der Waals surface area contributed by atoms with E-state index in [2.05, 4.69) is 23.4 Å². The first-order chi connectivity index (χ1) is 7.54. The summed E-state index contributed by atoms with van der Waals surface area (Å²) in [5.41, 5.74) is 6.01. The number of hydrogen-bond acceptors (Lipinski definition) is 3. The van der Waals surface area contributed by atoms with Crippen LogP contribution in [0.2, 0.25) is 0 Å². The van der Waals surface area contributed by atoms with Gasteiger partial charge in [0.25, 0.3) is 0 Å².